The molecule has 1 heterocycles. The van der Waals surface area contributed by atoms with Gasteiger partial charge in [-0.3, -0.25) is 0 Å². The molecule has 132 valence electrons. The van der Waals surface area contributed by atoms with Crippen LogP contribution in [-0.4, -0.2) is 27.8 Å². The van der Waals surface area contributed by atoms with Crippen molar-refractivity contribution in [1.82, 2.24) is 4.72 Å². The molecule has 8 nitrogen and oxygen atoms in total. The molecule has 0 aromatic heterocycles. The Hall–Kier alpha value is -2.78. The molecule has 0 radical (unpaired) electrons. The van der Waals surface area contributed by atoms with Crippen molar-refractivity contribution in [2.45, 2.75) is 11.8 Å². The SMILES string of the molecule is CCNS(=O)(=O)c1ccc(NC(=O)Nc2ccc3c(c2)OCO3)cc1. The minimum atomic E-state index is -3.51. The third kappa shape index (κ3) is 4.01. The monoisotopic (exact) mass is 363 g/mol. The molecule has 0 aliphatic carbocycles. The van der Waals surface area contributed by atoms with E-state index in [1.54, 1.807) is 25.1 Å². The third-order valence-electron chi connectivity index (χ3n) is 3.39. The number of sulfonamides is 1. The summed E-state index contributed by atoms with van der Waals surface area (Å²) in [5.41, 5.74) is 1.02. The van der Waals surface area contributed by atoms with Gasteiger partial charge < -0.3 is 20.1 Å². The first kappa shape index (κ1) is 17.1. The Bertz CT molecular complexity index is 881. The quantitative estimate of drug-likeness (QED) is 0.756. The van der Waals surface area contributed by atoms with Gasteiger partial charge in [0.15, 0.2) is 11.5 Å². The fourth-order valence-electron chi connectivity index (χ4n) is 2.26. The van der Waals surface area contributed by atoms with Crippen LogP contribution in [0.25, 0.3) is 0 Å². The van der Waals surface area contributed by atoms with Crippen LogP contribution in [0, 0.1) is 0 Å². The second-order valence-electron chi connectivity index (χ2n) is 5.17. The summed E-state index contributed by atoms with van der Waals surface area (Å²) in [5.74, 6) is 1.19. The number of anilines is 2. The molecule has 0 atom stereocenters. The Kier molecular flexibility index (Phi) is 4.77. The topological polar surface area (TPSA) is 106 Å². The molecule has 0 fully saturated rings. The summed E-state index contributed by atoms with van der Waals surface area (Å²) in [6.45, 7) is 2.17. The van der Waals surface area contributed by atoms with Crippen molar-refractivity contribution in [2.24, 2.45) is 0 Å². The lowest BCUT2D eigenvalue weighted by molar-refractivity contribution is 0.174. The number of carbonyl (C=O) groups excluding carboxylic acids is 1. The molecule has 0 saturated carbocycles. The van der Waals surface area contributed by atoms with Crippen molar-refractivity contribution >= 4 is 27.4 Å². The van der Waals surface area contributed by atoms with Gasteiger partial charge in [0, 0.05) is 24.0 Å². The first-order valence-corrected chi connectivity index (χ1v) is 9.03. The number of ether oxygens (including phenoxy) is 2. The zero-order valence-electron chi connectivity index (χ0n) is 13.4. The number of rotatable bonds is 5. The van der Waals surface area contributed by atoms with Crippen molar-refractivity contribution in [1.29, 1.82) is 0 Å². The maximum Gasteiger partial charge on any atom is 0.323 e. The average Bonchev–Trinajstić information content (AvgIpc) is 3.03. The van der Waals surface area contributed by atoms with E-state index in [9.17, 15) is 13.2 Å². The molecule has 0 bridgehead atoms. The molecule has 9 heteroatoms. The van der Waals surface area contributed by atoms with E-state index >= 15 is 0 Å². The Morgan fingerprint density at radius 1 is 1.00 bits per heavy atom. The second kappa shape index (κ2) is 6.99. The van der Waals surface area contributed by atoms with Gasteiger partial charge in [-0.1, -0.05) is 6.92 Å². The van der Waals surface area contributed by atoms with Crippen LogP contribution in [0.3, 0.4) is 0 Å². The van der Waals surface area contributed by atoms with Crippen molar-refractivity contribution in [3.05, 3.63) is 42.5 Å². The van der Waals surface area contributed by atoms with Crippen LogP contribution in [0.4, 0.5) is 16.2 Å². The summed E-state index contributed by atoms with van der Waals surface area (Å²) in [6.07, 6.45) is 0. The zero-order chi connectivity index (χ0) is 17.9. The highest BCUT2D eigenvalue weighted by atomic mass is 32.2. The van der Waals surface area contributed by atoms with Crippen LogP contribution in [0.2, 0.25) is 0 Å². The number of fused-ring (bicyclic) bond motifs is 1. The summed E-state index contributed by atoms with van der Waals surface area (Å²) in [6, 6.07) is 10.5. The van der Waals surface area contributed by atoms with Crippen LogP contribution in [0.1, 0.15) is 6.92 Å². The molecule has 2 aromatic carbocycles. The normalized spacial score (nSPS) is 12.7. The van der Waals surface area contributed by atoms with E-state index < -0.39 is 16.1 Å². The molecular formula is C16H17N3O5S. The van der Waals surface area contributed by atoms with E-state index in [0.29, 0.717) is 29.4 Å². The van der Waals surface area contributed by atoms with Crippen LogP contribution in [0.5, 0.6) is 11.5 Å². The van der Waals surface area contributed by atoms with Crippen molar-refractivity contribution in [3.63, 3.8) is 0 Å². The number of hydrogen-bond acceptors (Lipinski definition) is 5. The van der Waals surface area contributed by atoms with Gasteiger partial charge in [-0.05, 0) is 36.4 Å². The van der Waals surface area contributed by atoms with Crippen LogP contribution in [-0.2, 0) is 10.0 Å². The molecule has 3 N–H and O–H groups in total. The number of benzene rings is 2. The number of amides is 2. The minimum absolute atomic E-state index is 0.135. The standard InChI is InChI=1S/C16H17N3O5S/c1-2-17-25(21,22)13-6-3-11(4-7-13)18-16(20)19-12-5-8-14-15(9-12)24-10-23-14/h3-9,17H,2,10H2,1H3,(H2,18,19,20). The fraction of sp³-hybridized carbons (Fsp3) is 0.188. The first-order valence-electron chi connectivity index (χ1n) is 7.55. The largest absolute Gasteiger partial charge is 0.454 e. The van der Waals surface area contributed by atoms with Crippen molar-refractivity contribution in [2.75, 3.05) is 24.0 Å². The molecule has 1 aliphatic heterocycles. The highest BCUT2D eigenvalue weighted by molar-refractivity contribution is 7.89. The fourth-order valence-corrected chi connectivity index (χ4v) is 3.30. The molecule has 2 amide bonds. The van der Waals surface area contributed by atoms with Gasteiger partial charge in [-0.25, -0.2) is 17.9 Å². The highest BCUT2D eigenvalue weighted by Gasteiger charge is 2.15. The van der Waals surface area contributed by atoms with Gasteiger partial charge in [0.25, 0.3) is 0 Å². The molecule has 25 heavy (non-hydrogen) atoms. The Morgan fingerprint density at radius 3 is 2.36 bits per heavy atom. The van der Waals surface area contributed by atoms with Gasteiger partial charge in [-0.15, -0.1) is 0 Å². The van der Waals surface area contributed by atoms with Gasteiger partial charge in [0.2, 0.25) is 16.8 Å². The Balaban J connectivity index is 1.63. The predicted molar refractivity (Wildman–Crippen MR) is 92.5 cm³/mol. The van der Waals surface area contributed by atoms with E-state index in [2.05, 4.69) is 15.4 Å². The molecule has 2 aromatic rings. The summed E-state index contributed by atoms with van der Waals surface area (Å²) < 4.78 is 36.6. The van der Waals surface area contributed by atoms with E-state index in [4.69, 9.17) is 9.47 Å². The lowest BCUT2D eigenvalue weighted by atomic mass is 10.3. The van der Waals surface area contributed by atoms with Crippen molar-refractivity contribution < 1.29 is 22.7 Å². The van der Waals surface area contributed by atoms with E-state index in [1.165, 1.54) is 24.3 Å². The van der Waals surface area contributed by atoms with Crippen LogP contribution >= 0.6 is 0 Å². The summed E-state index contributed by atoms with van der Waals surface area (Å²) in [7, 11) is -3.51. The smallest absolute Gasteiger partial charge is 0.323 e. The average molecular weight is 363 g/mol. The molecular weight excluding hydrogens is 346 g/mol. The number of urea groups is 1. The lowest BCUT2D eigenvalue weighted by Crippen LogP contribution is -2.23. The molecule has 1 aliphatic rings. The first-order chi connectivity index (χ1) is 12.0. The molecule has 0 spiro atoms. The van der Waals surface area contributed by atoms with Gasteiger partial charge >= 0.3 is 6.03 Å². The van der Waals surface area contributed by atoms with E-state index in [1.807, 2.05) is 0 Å². The highest BCUT2D eigenvalue weighted by Crippen LogP contribution is 2.34. The molecule has 0 saturated heterocycles. The number of hydrogen-bond donors (Lipinski definition) is 3. The van der Waals surface area contributed by atoms with Gasteiger partial charge in [0.05, 0.1) is 4.90 Å². The Morgan fingerprint density at radius 2 is 1.64 bits per heavy atom. The summed E-state index contributed by atoms with van der Waals surface area (Å²) in [5, 5.41) is 5.30. The van der Waals surface area contributed by atoms with E-state index in [0.717, 1.165) is 0 Å². The van der Waals surface area contributed by atoms with Gasteiger partial charge in [-0.2, -0.15) is 0 Å². The number of nitrogens with one attached hydrogen (secondary N) is 3. The summed E-state index contributed by atoms with van der Waals surface area (Å²) in [4.78, 5) is 12.2. The number of carbonyl (C=O) groups is 1. The predicted octanol–water partition coefficient (Wildman–Crippen LogP) is 2.36. The zero-order valence-corrected chi connectivity index (χ0v) is 14.2. The molecule has 0 unspecified atom stereocenters. The lowest BCUT2D eigenvalue weighted by Gasteiger charge is -2.09. The molecule has 3 rings (SSSR count). The third-order valence-corrected chi connectivity index (χ3v) is 4.95. The van der Waals surface area contributed by atoms with Gasteiger partial charge in [0.1, 0.15) is 0 Å². The van der Waals surface area contributed by atoms with Crippen LogP contribution < -0.4 is 24.8 Å². The minimum Gasteiger partial charge on any atom is -0.454 e. The Labute approximate surface area is 145 Å². The van der Waals surface area contributed by atoms with Crippen molar-refractivity contribution in [3.8, 4) is 11.5 Å². The maximum absolute atomic E-state index is 12.0. The van der Waals surface area contributed by atoms with Crippen LogP contribution in [0.15, 0.2) is 47.4 Å². The second-order valence-corrected chi connectivity index (χ2v) is 6.94. The summed E-state index contributed by atoms with van der Waals surface area (Å²) >= 11 is 0. The maximum atomic E-state index is 12.0. The van der Waals surface area contributed by atoms with E-state index in [-0.39, 0.29) is 11.7 Å².